The van der Waals surface area contributed by atoms with Crippen molar-refractivity contribution in [3.63, 3.8) is 0 Å². The molecule has 0 aromatic carbocycles. The number of nitrogens with one attached hydrogen (secondary N) is 1. The molecule has 4 nitrogen and oxygen atoms in total. The maximum atomic E-state index is 4.48. The van der Waals surface area contributed by atoms with E-state index in [1.54, 1.807) is 0 Å². The number of pyridine rings is 2. The molecule has 3 aromatic heterocycles. The van der Waals surface area contributed by atoms with Crippen LogP contribution in [0, 0.1) is 20.8 Å². The van der Waals surface area contributed by atoms with E-state index in [1.807, 2.05) is 32.9 Å². The minimum Gasteiger partial charge on any atom is -0.342 e. The zero-order valence-electron chi connectivity index (χ0n) is 9.50. The maximum absolute atomic E-state index is 4.48. The fourth-order valence-corrected chi connectivity index (χ4v) is 1.98. The molecule has 16 heavy (non-hydrogen) atoms. The van der Waals surface area contributed by atoms with Crippen LogP contribution in [0.4, 0.5) is 0 Å². The van der Waals surface area contributed by atoms with Crippen molar-refractivity contribution < 1.29 is 0 Å². The predicted octanol–water partition coefficient (Wildman–Crippen LogP) is 2.43. The van der Waals surface area contributed by atoms with Gasteiger partial charge in [0.25, 0.3) is 0 Å². The molecule has 0 unspecified atom stereocenters. The lowest BCUT2D eigenvalue weighted by atomic mass is 10.2. The monoisotopic (exact) mass is 212 g/mol. The summed E-state index contributed by atoms with van der Waals surface area (Å²) in [5.74, 6) is 0.910. The molecule has 0 saturated carbocycles. The van der Waals surface area contributed by atoms with E-state index in [4.69, 9.17) is 0 Å². The Balaban J connectivity index is 2.57. The molecule has 0 bridgehead atoms. The molecule has 80 valence electrons. The van der Waals surface area contributed by atoms with Gasteiger partial charge in [0.1, 0.15) is 11.3 Å². The molecule has 0 aliphatic carbocycles. The molecule has 1 N–H and O–H groups in total. The van der Waals surface area contributed by atoms with Crippen LogP contribution in [0.15, 0.2) is 12.1 Å². The zero-order chi connectivity index (χ0) is 11.3. The molecule has 3 heterocycles. The largest absolute Gasteiger partial charge is 0.342 e. The zero-order valence-corrected chi connectivity index (χ0v) is 9.50. The van der Waals surface area contributed by atoms with Crippen molar-refractivity contribution in [2.45, 2.75) is 20.8 Å². The van der Waals surface area contributed by atoms with Crippen LogP contribution in [0.3, 0.4) is 0 Å². The molecule has 0 atom stereocenters. The summed E-state index contributed by atoms with van der Waals surface area (Å²) in [5.41, 5.74) is 4.66. The van der Waals surface area contributed by atoms with Crippen molar-refractivity contribution in [2.75, 3.05) is 0 Å². The number of aromatic nitrogens is 4. The van der Waals surface area contributed by atoms with Gasteiger partial charge in [-0.1, -0.05) is 0 Å². The fourth-order valence-electron chi connectivity index (χ4n) is 1.98. The third-order valence-corrected chi connectivity index (χ3v) is 2.72. The molecule has 0 aliphatic rings. The Morgan fingerprint density at radius 2 is 1.81 bits per heavy atom. The smallest absolute Gasteiger partial charge is 0.161 e. The Kier molecular flexibility index (Phi) is 1.74. The first-order chi connectivity index (χ1) is 7.65. The lowest BCUT2D eigenvalue weighted by Gasteiger charge is -2.01. The van der Waals surface area contributed by atoms with Gasteiger partial charge in [-0.3, -0.25) is 0 Å². The van der Waals surface area contributed by atoms with E-state index in [-0.39, 0.29) is 0 Å². The highest BCUT2D eigenvalue weighted by molar-refractivity contribution is 6.01. The molecular formula is C12H12N4. The van der Waals surface area contributed by atoms with Crippen LogP contribution in [0.1, 0.15) is 17.2 Å². The number of nitrogens with zero attached hydrogens (tertiary/aromatic N) is 3. The number of imidazole rings is 1. The van der Waals surface area contributed by atoms with E-state index < -0.39 is 0 Å². The lowest BCUT2D eigenvalue weighted by Crippen LogP contribution is -1.91. The van der Waals surface area contributed by atoms with E-state index in [0.717, 1.165) is 39.3 Å². The SMILES string of the molecule is Cc1ccc2c(n1)nc(C)c1nc(C)[nH]c12. The average Bonchev–Trinajstić information content (AvgIpc) is 2.60. The van der Waals surface area contributed by atoms with Gasteiger partial charge in [-0.25, -0.2) is 15.0 Å². The van der Waals surface area contributed by atoms with E-state index >= 15 is 0 Å². The minimum absolute atomic E-state index is 0.786. The third-order valence-electron chi connectivity index (χ3n) is 2.72. The fraction of sp³-hybridized carbons (Fsp3) is 0.250. The van der Waals surface area contributed by atoms with Crippen molar-refractivity contribution in [3.05, 3.63) is 29.3 Å². The molecule has 0 fully saturated rings. The van der Waals surface area contributed by atoms with Gasteiger partial charge in [0.05, 0.1) is 11.2 Å². The van der Waals surface area contributed by atoms with Gasteiger partial charge in [-0.05, 0) is 32.9 Å². The van der Waals surface area contributed by atoms with Crippen molar-refractivity contribution >= 4 is 22.1 Å². The van der Waals surface area contributed by atoms with Gasteiger partial charge in [0.15, 0.2) is 5.65 Å². The second-order valence-electron chi connectivity index (χ2n) is 4.07. The molecule has 0 amide bonds. The van der Waals surface area contributed by atoms with E-state index in [0.29, 0.717) is 0 Å². The Bertz CT molecular complexity index is 697. The number of aryl methyl sites for hydroxylation is 3. The van der Waals surface area contributed by atoms with Crippen LogP contribution >= 0.6 is 0 Å². The highest BCUT2D eigenvalue weighted by Gasteiger charge is 2.09. The van der Waals surface area contributed by atoms with Gasteiger partial charge in [0, 0.05) is 11.1 Å². The number of rotatable bonds is 0. The summed E-state index contributed by atoms with van der Waals surface area (Å²) < 4.78 is 0. The standard InChI is InChI=1S/C12H12N4/c1-6-4-5-9-11-10(15-8(3)16-11)7(2)14-12(9)13-6/h4-5H,1-3H3,(H,15,16). The first-order valence-electron chi connectivity index (χ1n) is 5.25. The van der Waals surface area contributed by atoms with Crippen LogP contribution in [0.2, 0.25) is 0 Å². The van der Waals surface area contributed by atoms with Crippen LogP contribution in [-0.2, 0) is 0 Å². The second-order valence-corrected chi connectivity index (χ2v) is 4.07. The van der Waals surface area contributed by atoms with E-state index in [2.05, 4.69) is 19.9 Å². The summed E-state index contributed by atoms with van der Waals surface area (Å²) in [4.78, 5) is 16.6. The van der Waals surface area contributed by atoms with Crippen LogP contribution in [0.5, 0.6) is 0 Å². The van der Waals surface area contributed by atoms with Crippen LogP contribution in [-0.4, -0.2) is 19.9 Å². The van der Waals surface area contributed by atoms with Gasteiger partial charge >= 0.3 is 0 Å². The second kappa shape index (κ2) is 3.01. The Morgan fingerprint density at radius 1 is 1.00 bits per heavy atom. The Hall–Kier alpha value is -1.97. The third kappa shape index (κ3) is 1.19. The van der Waals surface area contributed by atoms with Gasteiger partial charge < -0.3 is 4.98 Å². The molecule has 0 aliphatic heterocycles. The van der Waals surface area contributed by atoms with Crippen molar-refractivity contribution in [3.8, 4) is 0 Å². The highest BCUT2D eigenvalue weighted by atomic mass is 15.0. The average molecular weight is 212 g/mol. The summed E-state index contributed by atoms with van der Waals surface area (Å²) in [5, 5.41) is 1.03. The number of fused-ring (bicyclic) bond motifs is 3. The van der Waals surface area contributed by atoms with Crippen molar-refractivity contribution in [1.29, 1.82) is 0 Å². The quantitative estimate of drug-likeness (QED) is 0.622. The topological polar surface area (TPSA) is 54.5 Å². The lowest BCUT2D eigenvalue weighted by molar-refractivity contribution is 1.15. The van der Waals surface area contributed by atoms with Gasteiger partial charge in [-0.15, -0.1) is 0 Å². The normalized spacial score (nSPS) is 11.4. The highest BCUT2D eigenvalue weighted by Crippen LogP contribution is 2.23. The van der Waals surface area contributed by atoms with E-state index in [9.17, 15) is 0 Å². The predicted molar refractivity (Wildman–Crippen MR) is 63.4 cm³/mol. The summed E-state index contributed by atoms with van der Waals surface area (Å²) >= 11 is 0. The number of aromatic amines is 1. The molecule has 0 spiro atoms. The molecule has 3 rings (SSSR count). The van der Waals surface area contributed by atoms with Gasteiger partial charge in [-0.2, -0.15) is 0 Å². The summed E-state index contributed by atoms with van der Waals surface area (Å²) in [7, 11) is 0. The van der Waals surface area contributed by atoms with Crippen LogP contribution < -0.4 is 0 Å². The summed E-state index contributed by atoms with van der Waals surface area (Å²) in [6, 6.07) is 4.04. The summed E-state index contributed by atoms with van der Waals surface area (Å²) in [6.45, 7) is 5.89. The Labute approximate surface area is 92.8 Å². The molecule has 4 heteroatoms. The van der Waals surface area contributed by atoms with Crippen molar-refractivity contribution in [2.24, 2.45) is 0 Å². The molecule has 0 saturated heterocycles. The Morgan fingerprint density at radius 3 is 2.62 bits per heavy atom. The van der Waals surface area contributed by atoms with Crippen LogP contribution in [0.25, 0.3) is 22.1 Å². The molecule has 0 radical (unpaired) electrons. The maximum Gasteiger partial charge on any atom is 0.161 e. The minimum atomic E-state index is 0.786. The molecule has 3 aromatic rings. The number of hydrogen-bond donors (Lipinski definition) is 1. The number of hydrogen-bond acceptors (Lipinski definition) is 3. The summed E-state index contributed by atoms with van der Waals surface area (Å²) in [6.07, 6.45) is 0. The van der Waals surface area contributed by atoms with Crippen molar-refractivity contribution in [1.82, 2.24) is 19.9 Å². The first-order valence-corrected chi connectivity index (χ1v) is 5.25. The number of H-pyrrole nitrogens is 1. The van der Waals surface area contributed by atoms with E-state index in [1.165, 1.54) is 0 Å². The van der Waals surface area contributed by atoms with Gasteiger partial charge in [0.2, 0.25) is 0 Å². The first kappa shape index (κ1) is 9.27. The molecular weight excluding hydrogens is 200 g/mol.